The molecule has 19 heavy (non-hydrogen) atoms. The predicted octanol–water partition coefficient (Wildman–Crippen LogP) is 2.98. The number of amides is 1. The number of nitrogens with zero attached hydrogens (tertiary/aromatic N) is 1. The molecule has 0 unspecified atom stereocenters. The fraction of sp³-hybridized carbons (Fsp3) is 0.462. The number of nitro benzene ring substituents is 1. The summed E-state index contributed by atoms with van der Waals surface area (Å²) in [5, 5.41) is 13.4. The van der Waals surface area contributed by atoms with Gasteiger partial charge in [0.05, 0.1) is 17.7 Å². The van der Waals surface area contributed by atoms with E-state index in [1.165, 1.54) is 25.3 Å². The van der Waals surface area contributed by atoms with Gasteiger partial charge in [-0.25, -0.2) is 0 Å². The van der Waals surface area contributed by atoms with Crippen LogP contribution in [-0.4, -0.2) is 17.9 Å². The maximum Gasteiger partial charge on any atom is 0.271 e. The zero-order valence-corrected chi connectivity index (χ0v) is 11.3. The first-order valence-corrected chi connectivity index (χ1v) is 6.16. The zero-order chi connectivity index (χ0) is 14.4. The smallest absolute Gasteiger partial charge is 0.271 e. The molecule has 1 aromatic rings. The van der Waals surface area contributed by atoms with Gasteiger partial charge in [-0.3, -0.25) is 14.9 Å². The third-order valence-corrected chi connectivity index (χ3v) is 3.01. The van der Waals surface area contributed by atoms with Gasteiger partial charge in [-0.15, -0.1) is 0 Å². The normalized spacial score (nSPS) is 10.3. The van der Waals surface area contributed by atoms with E-state index in [0.717, 1.165) is 12.8 Å². The molecule has 0 spiro atoms. The Morgan fingerprint density at radius 2 is 2.05 bits per heavy atom. The molecule has 1 aromatic carbocycles. The minimum Gasteiger partial charge on any atom is -0.495 e. The highest BCUT2D eigenvalue weighted by Gasteiger charge is 2.18. The molecule has 0 heterocycles. The van der Waals surface area contributed by atoms with Crippen molar-refractivity contribution < 1.29 is 14.5 Å². The van der Waals surface area contributed by atoms with Crippen LogP contribution in [-0.2, 0) is 4.79 Å². The van der Waals surface area contributed by atoms with Crippen LogP contribution in [0.1, 0.15) is 26.7 Å². The second-order valence-electron chi connectivity index (χ2n) is 4.14. The number of carbonyl (C=O) groups excluding carboxylic acids is 1. The number of nitrogens with one attached hydrogen (secondary N) is 1. The highest BCUT2D eigenvalue weighted by atomic mass is 16.6. The molecule has 0 aromatic heterocycles. The Kier molecular flexibility index (Phi) is 5.29. The SMILES string of the molecule is CCC(CC)C(=O)Nc1cc([N+](=O)[O-])ccc1OC. The summed E-state index contributed by atoms with van der Waals surface area (Å²) in [6, 6.07) is 4.12. The summed E-state index contributed by atoms with van der Waals surface area (Å²) in [4.78, 5) is 22.2. The lowest BCUT2D eigenvalue weighted by Gasteiger charge is -2.14. The second-order valence-corrected chi connectivity index (χ2v) is 4.14. The van der Waals surface area contributed by atoms with Crippen molar-refractivity contribution in [2.75, 3.05) is 12.4 Å². The molecule has 1 N–H and O–H groups in total. The van der Waals surface area contributed by atoms with Crippen LogP contribution in [0.2, 0.25) is 0 Å². The van der Waals surface area contributed by atoms with E-state index in [-0.39, 0.29) is 17.5 Å². The van der Waals surface area contributed by atoms with Crippen molar-refractivity contribution in [2.24, 2.45) is 5.92 Å². The van der Waals surface area contributed by atoms with Gasteiger partial charge >= 0.3 is 0 Å². The Labute approximate surface area is 111 Å². The molecule has 104 valence electrons. The molecule has 0 saturated carbocycles. The van der Waals surface area contributed by atoms with Crippen LogP contribution >= 0.6 is 0 Å². The predicted molar refractivity (Wildman–Crippen MR) is 72.4 cm³/mol. The molecule has 0 aliphatic carbocycles. The van der Waals surface area contributed by atoms with Gasteiger partial charge in [0.15, 0.2) is 0 Å². The Bertz CT molecular complexity index is 470. The number of hydrogen-bond donors (Lipinski definition) is 1. The summed E-state index contributed by atoms with van der Waals surface area (Å²) in [5.74, 6) is 0.151. The minimum atomic E-state index is -0.508. The van der Waals surface area contributed by atoms with E-state index in [9.17, 15) is 14.9 Å². The van der Waals surface area contributed by atoms with Crippen molar-refractivity contribution in [3.05, 3.63) is 28.3 Å². The Morgan fingerprint density at radius 3 is 2.53 bits per heavy atom. The van der Waals surface area contributed by atoms with Crippen LogP contribution in [0.5, 0.6) is 5.75 Å². The molecule has 0 aliphatic rings. The van der Waals surface area contributed by atoms with Crippen molar-refractivity contribution >= 4 is 17.3 Å². The Hall–Kier alpha value is -2.11. The number of carbonyl (C=O) groups is 1. The lowest BCUT2D eigenvalue weighted by molar-refractivity contribution is -0.384. The van der Waals surface area contributed by atoms with Gasteiger partial charge in [0, 0.05) is 18.1 Å². The van der Waals surface area contributed by atoms with E-state index in [0.29, 0.717) is 11.4 Å². The molecule has 6 nitrogen and oxygen atoms in total. The lowest BCUT2D eigenvalue weighted by atomic mass is 10.0. The number of methoxy groups -OCH3 is 1. The van der Waals surface area contributed by atoms with Crippen molar-refractivity contribution in [3.8, 4) is 5.75 Å². The first kappa shape index (κ1) is 14.9. The van der Waals surface area contributed by atoms with Gasteiger partial charge in [-0.1, -0.05) is 13.8 Å². The minimum absolute atomic E-state index is 0.0827. The average molecular weight is 266 g/mol. The average Bonchev–Trinajstić information content (AvgIpc) is 2.39. The van der Waals surface area contributed by atoms with Crippen molar-refractivity contribution in [1.82, 2.24) is 0 Å². The number of nitro groups is 1. The van der Waals surface area contributed by atoms with Crippen molar-refractivity contribution in [1.29, 1.82) is 0 Å². The van der Waals surface area contributed by atoms with Gasteiger partial charge < -0.3 is 10.1 Å². The maximum atomic E-state index is 12.0. The van der Waals surface area contributed by atoms with E-state index in [2.05, 4.69) is 5.32 Å². The fourth-order valence-electron chi connectivity index (χ4n) is 1.80. The molecule has 0 fully saturated rings. The van der Waals surface area contributed by atoms with Crippen LogP contribution in [0.15, 0.2) is 18.2 Å². The molecule has 6 heteroatoms. The molecule has 0 atom stereocenters. The van der Waals surface area contributed by atoms with E-state index in [1.54, 1.807) is 0 Å². The summed E-state index contributed by atoms with van der Waals surface area (Å²) in [6.45, 7) is 3.86. The summed E-state index contributed by atoms with van der Waals surface area (Å²) in [6.07, 6.45) is 1.44. The van der Waals surface area contributed by atoms with Crippen LogP contribution in [0.4, 0.5) is 11.4 Å². The molecule has 1 rings (SSSR count). The molecule has 0 radical (unpaired) electrons. The van der Waals surface area contributed by atoms with Gasteiger partial charge in [0.2, 0.25) is 5.91 Å². The van der Waals surface area contributed by atoms with E-state index in [1.807, 2.05) is 13.8 Å². The molecule has 1 amide bonds. The summed E-state index contributed by atoms with van der Waals surface area (Å²) < 4.78 is 5.09. The van der Waals surface area contributed by atoms with Gasteiger partial charge in [-0.05, 0) is 18.9 Å². The molecular formula is C13H18N2O4. The van der Waals surface area contributed by atoms with Gasteiger partial charge in [0.25, 0.3) is 5.69 Å². The zero-order valence-electron chi connectivity index (χ0n) is 11.3. The Balaban J connectivity index is 3.00. The highest BCUT2D eigenvalue weighted by molar-refractivity contribution is 5.94. The van der Waals surface area contributed by atoms with Crippen molar-refractivity contribution in [3.63, 3.8) is 0 Å². The number of rotatable bonds is 6. The summed E-state index contributed by atoms with van der Waals surface area (Å²) in [7, 11) is 1.45. The monoisotopic (exact) mass is 266 g/mol. The van der Waals surface area contributed by atoms with Crippen LogP contribution in [0, 0.1) is 16.0 Å². The number of non-ortho nitro benzene ring substituents is 1. The standard InChI is InChI=1S/C13H18N2O4/c1-4-9(5-2)13(16)14-11-8-10(15(17)18)6-7-12(11)19-3/h6-9H,4-5H2,1-3H3,(H,14,16). The van der Waals surface area contributed by atoms with Crippen LogP contribution in [0.3, 0.4) is 0 Å². The second kappa shape index (κ2) is 6.72. The van der Waals surface area contributed by atoms with Gasteiger partial charge in [0.1, 0.15) is 5.75 Å². The third-order valence-electron chi connectivity index (χ3n) is 3.01. The fourth-order valence-corrected chi connectivity index (χ4v) is 1.80. The lowest BCUT2D eigenvalue weighted by Crippen LogP contribution is -2.22. The summed E-state index contributed by atoms with van der Waals surface area (Å²) >= 11 is 0. The quantitative estimate of drug-likeness (QED) is 0.634. The molecular weight excluding hydrogens is 248 g/mol. The van der Waals surface area contributed by atoms with E-state index < -0.39 is 4.92 Å². The first-order chi connectivity index (χ1) is 9.03. The number of benzene rings is 1. The third kappa shape index (κ3) is 3.67. The van der Waals surface area contributed by atoms with Crippen LogP contribution < -0.4 is 10.1 Å². The topological polar surface area (TPSA) is 81.5 Å². The number of hydrogen-bond acceptors (Lipinski definition) is 4. The Morgan fingerprint density at radius 1 is 1.42 bits per heavy atom. The molecule has 0 saturated heterocycles. The number of ether oxygens (including phenoxy) is 1. The summed E-state index contributed by atoms with van der Waals surface area (Å²) in [5.41, 5.74) is 0.245. The van der Waals surface area contributed by atoms with E-state index in [4.69, 9.17) is 4.74 Å². The highest BCUT2D eigenvalue weighted by Crippen LogP contribution is 2.29. The number of anilines is 1. The first-order valence-electron chi connectivity index (χ1n) is 6.16. The van der Waals surface area contributed by atoms with Crippen LogP contribution in [0.25, 0.3) is 0 Å². The van der Waals surface area contributed by atoms with Gasteiger partial charge in [-0.2, -0.15) is 0 Å². The van der Waals surface area contributed by atoms with Crippen molar-refractivity contribution in [2.45, 2.75) is 26.7 Å². The largest absolute Gasteiger partial charge is 0.495 e. The molecule has 0 bridgehead atoms. The van der Waals surface area contributed by atoms with E-state index >= 15 is 0 Å². The molecule has 0 aliphatic heterocycles. The maximum absolute atomic E-state index is 12.0.